The highest BCUT2D eigenvalue weighted by molar-refractivity contribution is 4.42. The van der Waals surface area contributed by atoms with Crippen LogP contribution in [-0.4, -0.2) is 43.9 Å². The summed E-state index contributed by atoms with van der Waals surface area (Å²) in [5.41, 5.74) is 16.2. The predicted molar refractivity (Wildman–Crippen MR) is 46.2 cm³/mol. The van der Waals surface area contributed by atoms with Crippen LogP contribution in [-0.2, 0) is 0 Å². The van der Waals surface area contributed by atoms with Gasteiger partial charge in [0.2, 0.25) is 0 Å². The fourth-order valence-electron chi connectivity index (χ4n) is 1.11. The standard InChI is InChI=1S/C6H20N5/c7-1-4-11(10,5-2-8)6-3-9/h1-10H2/q+1. The molecule has 0 bridgehead atoms. The highest BCUT2D eigenvalue weighted by Gasteiger charge is 2.19. The quantitative estimate of drug-likeness (QED) is 0.198. The van der Waals surface area contributed by atoms with E-state index in [2.05, 4.69) is 0 Å². The molecule has 0 heterocycles. The van der Waals surface area contributed by atoms with E-state index >= 15 is 0 Å². The van der Waals surface area contributed by atoms with Crippen LogP contribution in [0.3, 0.4) is 0 Å². The Morgan fingerprint density at radius 3 is 1.18 bits per heavy atom. The molecule has 0 aromatic rings. The maximum Gasteiger partial charge on any atom is 0.108 e. The van der Waals surface area contributed by atoms with Crippen molar-refractivity contribution < 1.29 is 4.59 Å². The monoisotopic (exact) mass is 162 g/mol. The minimum atomic E-state index is 0.406. The van der Waals surface area contributed by atoms with Crippen LogP contribution >= 0.6 is 0 Å². The number of nitrogens with two attached hydrogens (primary N) is 4. The molecule has 0 unspecified atom stereocenters. The van der Waals surface area contributed by atoms with Crippen LogP contribution < -0.4 is 23.0 Å². The van der Waals surface area contributed by atoms with Crippen LogP contribution in [0.5, 0.6) is 0 Å². The summed E-state index contributed by atoms with van der Waals surface area (Å²) in [5, 5.41) is 0. The Kier molecular flexibility index (Phi) is 5.35. The number of rotatable bonds is 6. The Labute approximate surface area is 67.9 Å². The lowest BCUT2D eigenvalue weighted by Crippen LogP contribution is -2.60. The van der Waals surface area contributed by atoms with Crippen LogP contribution in [0.15, 0.2) is 0 Å². The molecule has 0 saturated heterocycles. The molecule has 0 aliphatic carbocycles. The summed E-state index contributed by atoms with van der Waals surface area (Å²) in [6.07, 6.45) is 0. The smallest absolute Gasteiger partial charge is 0.108 e. The molecule has 0 saturated carbocycles. The SMILES string of the molecule is NCC[N+](N)(CCN)CCN. The third-order valence-electron chi connectivity index (χ3n) is 1.72. The van der Waals surface area contributed by atoms with Gasteiger partial charge < -0.3 is 17.2 Å². The van der Waals surface area contributed by atoms with Crippen LogP contribution in [0.1, 0.15) is 0 Å². The van der Waals surface area contributed by atoms with Crippen molar-refractivity contribution in [1.29, 1.82) is 0 Å². The third-order valence-corrected chi connectivity index (χ3v) is 1.72. The topological polar surface area (TPSA) is 104 Å². The summed E-state index contributed by atoms with van der Waals surface area (Å²) in [5.74, 6) is 5.93. The van der Waals surface area contributed by atoms with E-state index in [4.69, 9.17) is 23.0 Å². The molecule has 5 nitrogen and oxygen atoms in total. The minimum absolute atomic E-state index is 0.406. The van der Waals surface area contributed by atoms with E-state index in [9.17, 15) is 0 Å². The second kappa shape index (κ2) is 5.45. The van der Waals surface area contributed by atoms with E-state index < -0.39 is 0 Å². The van der Waals surface area contributed by atoms with Gasteiger partial charge in [0.15, 0.2) is 0 Å². The zero-order valence-corrected chi connectivity index (χ0v) is 7.00. The van der Waals surface area contributed by atoms with Gasteiger partial charge in [-0.25, -0.2) is 4.59 Å². The van der Waals surface area contributed by atoms with Gasteiger partial charge in [0, 0.05) is 19.6 Å². The van der Waals surface area contributed by atoms with Crippen LogP contribution in [0, 0.1) is 0 Å². The van der Waals surface area contributed by atoms with Gasteiger partial charge in [0.05, 0.1) is 0 Å². The van der Waals surface area contributed by atoms with Crippen molar-refractivity contribution in [2.45, 2.75) is 0 Å². The molecule has 0 radical (unpaired) electrons. The predicted octanol–water partition coefficient (Wildman–Crippen LogP) is -2.45. The Balaban J connectivity index is 3.79. The lowest BCUT2D eigenvalue weighted by Gasteiger charge is -2.31. The second-order valence-corrected chi connectivity index (χ2v) is 2.76. The number of nitrogens with zero attached hydrogens (tertiary/aromatic N) is 1. The number of hydrogen-bond acceptors (Lipinski definition) is 4. The maximum absolute atomic E-state index is 5.93. The Morgan fingerprint density at radius 1 is 0.727 bits per heavy atom. The fourth-order valence-corrected chi connectivity index (χ4v) is 1.11. The van der Waals surface area contributed by atoms with E-state index in [1.807, 2.05) is 0 Å². The van der Waals surface area contributed by atoms with Crippen molar-refractivity contribution >= 4 is 0 Å². The van der Waals surface area contributed by atoms with Gasteiger partial charge in [-0.15, -0.1) is 0 Å². The van der Waals surface area contributed by atoms with Gasteiger partial charge >= 0.3 is 0 Å². The van der Waals surface area contributed by atoms with Gasteiger partial charge in [-0.05, 0) is 0 Å². The molecule has 0 aliphatic heterocycles. The zero-order chi connectivity index (χ0) is 8.74. The maximum atomic E-state index is 5.93. The largest absolute Gasteiger partial charge is 0.325 e. The van der Waals surface area contributed by atoms with E-state index in [0.717, 1.165) is 19.6 Å². The molecule has 5 heteroatoms. The van der Waals surface area contributed by atoms with Crippen molar-refractivity contribution in [1.82, 2.24) is 0 Å². The summed E-state index contributed by atoms with van der Waals surface area (Å²) in [4.78, 5) is 0. The second-order valence-electron chi connectivity index (χ2n) is 2.76. The van der Waals surface area contributed by atoms with Crippen molar-refractivity contribution in [3.63, 3.8) is 0 Å². The molecule has 0 aliphatic rings. The number of hydrogen-bond donors (Lipinski definition) is 4. The molecule has 0 spiro atoms. The molecule has 68 valence electrons. The molecule has 11 heavy (non-hydrogen) atoms. The summed E-state index contributed by atoms with van der Waals surface area (Å²) in [6, 6.07) is 0. The summed E-state index contributed by atoms with van der Waals surface area (Å²) >= 11 is 0. The summed E-state index contributed by atoms with van der Waals surface area (Å²) in [6.45, 7) is 3.97. The average molecular weight is 162 g/mol. The van der Waals surface area contributed by atoms with E-state index in [0.29, 0.717) is 24.2 Å². The lowest BCUT2D eigenvalue weighted by molar-refractivity contribution is -0.936. The minimum Gasteiger partial charge on any atom is -0.325 e. The first-order valence-electron chi connectivity index (χ1n) is 3.93. The van der Waals surface area contributed by atoms with Gasteiger partial charge in [0.1, 0.15) is 19.6 Å². The molecular formula is C6H20N5+. The van der Waals surface area contributed by atoms with Gasteiger partial charge in [-0.3, -0.25) is 0 Å². The first-order valence-corrected chi connectivity index (χ1v) is 3.93. The first-order chi connectivity index (χ1) is 5.18. The van der Waals surface area contributed by atoms with Crippen molar-refractivity contribution in [3.05, 3.63) is 0 Å². The van der Waals surface area contributed by atoms with Gasteiger partial charge in [0.25, 0.3) is 0 Å². The van der Waals surface area contributed by atoms with E-state index in [1.54, 1.807) is 0 Å². The highest BCUT2D eigenvalue weighted by atomic mass is 15.6. The number of quaternary nitrogens is 1. The van der Waals surface area contributed by atoms with Crippen molar-refractivity contribution in [2.75, 3.05) is 39.3 Å². The molecule has 0 fully saturated rings. The van der Waals surface area contributed by atoms with Gasteiger partial charge in [-0.1, -0.05) is 0 Å². The lowest BCUT2D eigenvalue weighted by atomic mass is 10.4. The summed E-state index contributed by atoms with van der Waals surface area (Å²) < 4.78 is 0.406. The van der Waals surface area contributed by atoms with Crippen LogP contribution in [0.4, 0.5) is 0 Å². The Hall–Kier alpha value is -0.200. The highest BCUT2D eigenvalue weighted by Crippen LogP contribution is 1.92. The Bertz CT molecular complexity index is 78.0. The van der Waals surface area contributed by atoms with E-state index in [-0.39, 0.29) is 0 Å². The normalized spacial score (nSPS) is 12.0. The fraction of sp³-hybridized carbons (Fsp3) is 1.00. The molecular weight excluding hydrogens is 142 g/mol. The molecule has 0 amide bonds. The summed E-state index contributed by atoms with van der Waals surface area (Å²) in [7, 11) is 0. The first kappa shape index (κ1) is 10.8. The molecule has 0 rings (SSSR count). The third kappa shape index (κ3) is 4.28. The molecule has 0 atom stereocenters. The van der Waals surface area contributed by atoms with Crippen molar-refractivity contribution in [3.8, 4) is 0 Å². The molecule has 0 aromatic heterocycles. The Morgan fingerprint density at radius 2 is 1.00 bits per heavy atom. The molecule has 8 N–H and O–H groups in total. The van der Waals surface area contributed by atoms with Crippen LogP contribution in [0.25, 0.3) is 0 Å². The van der Waals surface area contributed by atoms with Crippen LogP contribution in [0.2, 0.25) is 0 Å². The zero-order valence-electron chi connectivity index (χ0n) is 7.00. The molecule has 0 aromatic carbocycles. The average Bonchev–Trinajstić information content (AvgIpc) is 1.88. The van der Waals surface area contributed by atoms with Gasteiger partial charge in [-0.2, -0.15) is 5.84 Å². The van der Waals surface area contributed by atoms with E-state index in [1.165, 1.54) is 0 Å². The van der Waals surface area contributed by atoms with Crippen molar-refractivity contribution in [2.24, 2.45) is 23.0 Å².